The van der Waals surface area contributed by atoms with Crippen molar-refractivity contribution in [2.24, 2.45) is 0 Å². The fraction of sp³-hybridized carbons (Fsp3) is 0.519. The van der Waals surface area contributed by atoms with Gasteiger partial charge in [-0.2, -0.15) is 0 Å². The van der Waals surface area contributed by atoms with Crippen LogP contribution >= 0.6 is 0 Å². The molecule has 2 saturated heterocycles. The third kappa shape index (κ3) is 4.96. The molecule has 1 aliphatic carbocycles. The lowest BCUT2D eigenvalue weighted by Crippen LogP contribution is -2.48. The number of morpholine rings is 1. The Bertz CT molecular complexity index is 939. The van der Waals surface area contributed by atoms with Gasteiger partial charge in [-0.1, -0.05) is 35.9 Å². The van der Waals surface area contributed by atoms with E-state index < -0.39 is 0 Å². The number of aromatic nitrogens is 1. The summed E-state index contributed by atoms with van der Waals surface area (Å²) in [5.74, 6) is 0. The Hall–Kier alpha value is -2.05. The van der Waals surface area contributed by atoms with Crippen molar-refractivity contribution in [3.8, 4) is 11.3 Å². The van der Waals surface area contributed by atoms with E-state index in [4.69, 9.17) is 9.72 Å². The molecule has 5 nitrogen and oxygen atoms in total. The minimum absolute atomic E-state index is 0.653. The van der Waals surface area contributed by atoms with Crippen LogP contribution in [-0.4, -0.2) is 84.8 Å². The predicted molar refractivity (Wildman–Crippen MR) is 131 cm³/mol. The first kappa shape index (κ1) is 21.8. The van der Waals surface area contributed by atoms with E-state index in [0.29, 0.717) is 6.04 Å². The molecule has 0 N–H and O–H groups in total. The average molecular weight is 433 g/mol. The number of pyridine rings is 1. The van der Waals surface area contributed by atoms with E-state index in [2.05, 4.69) is 65.0 Å². The van der Waals surface area contributed by atoms with Crippen LogP contribution < -0.4 is 0 Å². The maximum absolute atomic E-state index is 5.50. The molecule has 3 aliphatic rings. The summed E-state index contributed by atoms with van der Waals surface area (Å²) < 4.78 is 5.50. The molecule has 0 bridgehead atoms. The minimum Gasteiger partial charge on any atom is -0.379 e. The molecule has 2 fully saturated rings. The highest BCUT2D eigenvalue weighted by Crippen LogP contribution is 2.33. The topological polar surface area (TPSA) is 31.8 Å². The first-order valence-electron chi connectivity index (χ1n) is 12.2. The predicted octanol–water partition coefficient (Wildman–Crippen LogP) is 3.55. The zero-order valence-corrected chi connectivity index (χ0v) is 19.6. The van der Waals surface area contributed by atoms with E-state index in [1.165, 1.54) is 40.9 Å². The van der Waals surface area contributed by atoms with Crippen LogP contribution in [0.5, 0.6) is 0 Å². The molecule has 170 valence electrons. The van der Waals surface area contributed by atoms with Crippen molar-refractivity contribution in [1.29, 1.82) is 0 Å². The zero-order chi connectivity index (χ0) is 21.9. The molecule has 0 unspecified atom stereocenters. The van der Waals surface area contributed by atoms with Gasteiger partial charge < -0.3 is 4.74 Å². The molecule has 2 aliphatic heterocycles. The summed E-state index contributed by atoms with van der Waals surface area (Å²) in [7, 11) is 0. The number of benzene rings is 1. The van der Waals surface area contributed by atoms with Gasteiger partial charge in [0.25, 0.3) is 0 Å². The van der Waals surface area contributed by atoms with E-state index >= 15 is 0 Å². The molecular weight excluding hydrogens is 396 g/mol. The maximum atomic E-state index is 5.50. The second-order valence-electron chi connectivity index (χ2n) is 9.70. The van der Waals surface area contributed by atoms with Crippen molar-refractivity contribution in [3.05, 3.63) is 58.8 Å². The molecule has 0 spiro atoms. The smallest absolute Gasteiger partial charge is 0.0777 e. The lowest BCUT2D eigenvalue weighted by Gasteiger charge is -2.36. The van der Waals surface area contributed by atoms with E-state index in [0.717, 1.165) is 64.6 Å². The van der Waals surface area contributed by atoms with Crippen molar-refractivity contribution in [2.45, 2.75) is 32.9 Å². The molecule has 5 rings (SSSR count). The summed E-state index contributed by atoms with van der Waals surface area (Å²) in [6, 6.07) is 11.9. The van der Waals surface area contributed by atoms with Crippen molar-refractivity contribution < 1.29 is 4.74 Å². The monoisotopic (exact) mass is 432 g/mol. The molecule has 0 radical (unpaired) electrons. The molecule has 5 heteroatoms. The largest absolute Gasteiger partial charge is 0.379 e. The second kappa shape index (κ2) is 9.84. The van der Waals surface area contributed by atoms with Crippen LogP contribution in [0.15, 0.2) is 42.1 Å². The summed E-state index contributed by atoms with van der Waals surface area (Å²) in [6.45, 7) is 15.1. The standard InChI is InChI=1S/C27H36N4O/c1-21(2)31-11-9-29(10-12-31)19-22-3-5-24(6-4-22)27-26-18-23(17-25(26)7-8-28-27)20-30-13-15-32-16-14-30/h3-8,18,21H,9-17,19-20H2,1-2H3. The van der Waals surface area contributed by atoms with Gasteiger partial charge in [0.15, 0.2) is 0 Å². The van der Waals surface area contributed by atoms with Gasteiger partial charge in [-0.25, -0.2) is 0 Å². The van der Waals surface area contributed by atoms with Crippen molar-refractivity contribution >= 4 is 6.08 Å². The number of hydrogen-bond acceptors (Lipinski definition) is 5. The van der Waals surface area contributed by atoms with E-state index in [1.807, 2.05) is 6.20 Å². The van der Waals surface area contributed by atoms with Crippen molar-refractivity contribution in [3.63, 3.8) is 0 Å². The molecule has 0 amide bonds. The highest BCUT2D eigenvalue weighted by molar-refractivity contribution is 5.78. The Kier molecular flexibility index (Phi) is 6.69. The normalized spacial score (nSPS) is 20.5. The van der Waals surface area contributed by atoms with Crippen molar-refractivity contribution in [1.82, 2.24) is 19.7 Å². The van der Waals surface area contributed by atoms with Crippen LogP contribution in [0.2, 0.25) is 0 Å². The number of fused-ring (bicyclic) bond motifs is 1. The van der Waals surface area contributed by atoms with Gasteiger partial charge >= 0.3 is 0 Å². The zero-order valence-electron chi connectivity index (χ0n) is 19.6. The van der Waals surface area contributed by atoms with E-state index in [-0.39, 0.29) is 0 Å². The minimum atomic E-state index is 0.653. The molecule has 32 heavy (non-hydrogen) atoms. The van der Waals surface area contributed by atoms with Crippen LogP contribution in [0.25, 0.3) is 17.3 Å². The Labute approximate surface area is 192 Å². The SMILES string of the molecule is CC(C)N1CCN(Cc2ccc(-c3nccc4c3C=C(CN3CCOCC3)C4)cc2)CC1. The average Bonchev–Trinajstić information content (AvgIpc) is 3.23. The van der Waals surface area contributed by atoms with Crippen LogP contribution in [0, 0.1) is 0 Å². The summed E-state index contributed by atoms with van der Waals surface area (Å²) in [4.78, 5) is 12.4. The second-order valence-corrected chi connectivity index (χ2v) is 9.70. The lowest BCUT2D eigenvalue weighted by atomic mass is 10.0. The third-order valence-electron chi connectivity index (χ3n) is 7.15. The van der Waals surface area contributed by atoms with E-state index in [1.54, 1.807) is 0 Å². The number of nitrogens with zero attached hydrogens (tertiary/aromatic N) is 4. The van der Waals surface area contributed by atoms with Gasteiger partial charge in [-0.15, -0.1) is 0 Å². The van der Waals surface area contributed by atoms with Crippen LogP contribution in [0.4, 0.5) is 0 Å². The van der Waals surface area contributed by atoms with Crippen molar-refractivity contribution in [2.75, 3.05) is 59.0 Å². The van der Waals surface area contributed by atoms with Crippen LogP contribution in [0.3, 0.4) is 0 Å². The quantitative estimate of drug-likeness (QED) is 0.697. The first-order chi connectivity index (χ1) is 15.7. The number of hydrogen-bond donors (Lipinski definition) is 0. The Morgan fingerprint density at radius 1 is 0.875 bits per heavy atom. The summed E-state index contributed by atoms with van der Waals surface area (Å²) in [6.07, 6.45) is 5.40. The highest BCUT2D eigenvalue weighted by atomic mass is 16.5. The molecule has 0 saturated carbocycles. The molecular formula is C27H36N4O. The highest BCUT2D eigenvalue weighted by Gasteiger charge is 2.21. The molecule has 1 aromatic carbocycles. The summed E-state index contributed by atoms with van der Waals surface area (Å²) in [5, 5.41) is 0. The number of ether oxygens (including phenoxy) is 1. The van der Waals surface area contributed by atoms with Crippen LogP contribution in [-0.2, 0) is 17.7 Å². The van der Waals surface area contributed by atoms with Crippen LogP contribution in [0.1, 0.15) is 30.5 Å². The first-order valence-corrected chi connectivity index (χ1v) is 12.2. The fourth-order valence-corrected chi connectivity index (χ4v) is 5.17. The summed E-state index contributed by atoms with van der Waals surface area (Å²) in [5.41, 5.74) is 7.95. The number of piperazine rings is 1. The Morgan fingerprint density at radius 2 is 1.59 bits per heavy atom. The van der Waals surface area contributed by atoms with Gasteiger partial charge in [-0.05, 0) is 37.5 Å². The summed E-state index contributed by atoms with van der Waals surface area (Å²) >= 11 is 0. The van der Waals surface area contributed by atoms with E-state index in [9.17, 15) is 0 Å². The molecule has 3 heterocycles. The van der Waals surface area contributed by atoms with Gasteiger partial charge in [0.1, 0.15) is 0 Å². The molecule has 1 aromatic heterocycles. The third-order valence-corrected chi connectivity index (χ3v) is 7.15. The lowest BCUT2D eigenvalue weighted by molar-refractivity contribution is 0.0422. The van der Waals surface area contributed by atoms with Gasteiger partial charge in [0.2, 0.25) is 0 Å². The fourth-order valence-electron chi connectivity index (χ4n) is 5.17. The molecule has 2 aromatic rings. The van der Waals surface area contributed by atoms with Gasteiger partial charge in [0.05, 0.1) is 18.9 Å². The number of rotatable bonds is 6. The maximum Gasteiger partial charge on any atom is 0.0777 e. The van der Waals surface area contributed by atoms with Gasteiger partial charge in [-0.3, -0.25) is 19.7 Å². The molecule has 0 atom stereocenters. The van der Waals surface area contributed by atoms with Gasteiger partial charge in [0, 0.05) is 75.7 Å². The Balaban J connectivity index is 1.25. The Morgan fingerprint density at radius 3 is 2.31 bits per heavy atom.